The minimum atomic E-state index is -3.60. The highest BCUT2D eigenvalue weighted by Crippen LogP contribution is 2.28. The topological polar surface area (TPSA) is 58.2 Å². The van der Waals surface area contributed by atoms with Crippen molar-refractivity contribution < 1.29 is 8.42 Å². The van der Waals surface area contributed by atoms with Crippen LogP contribution in [-0.2, 0) is 16.6 Å². The first-order valence-corrected chi connectivity index (χ1v) is 9.28. The van der Waals surface area contributed by atoms with E-state index in [1.54, 1.807) is 7.05 Å². The summed E-state index contributed by atoms with van der Waals surface area (Å²) in [5, 5.41) is 3.54. The number of rotatable bonds is 9. The van der Waals surface area contributed by atoms with Gasteiger partial charge in [0.15, 0.2) is 0 Å². The van der Waals surface area contributed by atoms with E-state index in [-0.39, 0.29) is 9.92 Å². The Morgan fingerprint density at radius 3 is 2.43 bits per heavy atom. The van der Waals surface area contributed by atoms with E-state index < -0.39 is 10.0 Å². The van der Waals surface area contributed by atoms with Crippen molar-refractivity contribution in [3.8, 4) is 0 Å². The van der Waals surface area contributed by atoms with Crippen LogP contribution in [0, 0.1) is 0 Å². The van der Waals surface area contributed by atoms with E-state index in [2.05, 4.69) is 17.0 Å². The summed E-state index contributed by atoms with van der Waals surface area (Å²) in [4.78, 5) is 0.0781. The maximum absolute atomic E-state index is 12.3. The molecule has 0 bridgehead atoms. The van der Waals surface area contributed by atoms with E-state index in [4.69, 9.17) is 23.2 Å². The number of hydrogen-bond acceptors (Lipinski definition) is 3. The van der Waals surface area contributed by atoms with Crippen molar-refractivity contribution in [2.24, 2.45) is 0 Å². The molecule has 0 amide bonds. The van der Waals surface area contributed by atoms with Crippen LogP contribution < -0.4 is 10.0 Å². The van der Waals surface area contributed by atoms with Crippen molar-refractivity contribution in [1.29, 1.82) is 0 Å². The molecule has 0 aliphatic rings. The highest BCUT2D eigenvalue weighted by atomic mass is 35.5. The van der Waals surface area contributed by atoms with E-state index in [0.717, 1.165) is 25.7 Å². The second-order valence-corrected chi connectivity index (χ2v) is 7.41. The van der Waals surface area contributed by atoms with Crippen LogP contribution in [0.25, 0.3) is 0 Å². The minimum Gasteiger partial charge on any atom is -0.316 e. The van der Waals surface area contributed by atoms with Gasteiger partial charge in [-0.1, -0.05) is 49.4 Å². The summed E-state index contributed by atoms with van der Waals surface area (Å²) < 4.78 is 27.2. The van der Waals surface area contributed by atoms with Crippen molar-refractivity contribution in [2.75, 3.05) is 13.6 Å². The summed E-state index contributed by atoms with van der Waals surface area (Å²) in [7, 11) is -1.84. The quantitative estimate of drug-likeness (QED) is 0.668. The van der Waals surface area contributed by atoms with Gasteiger partial charge >= 0.3 is 0 Å². The molecule has 0 unspecified atom stereocenters. The molecule has 7 heteroatoms. The summed E-state index contributed by atoms with van der Waals surface area (Å²) in [6.07, 6.45) is 4.05. The molecular formula is C14H22Cl2N2O2S. The normalized spacial score (nSPS) is 11.8. The van der Waals surface area contributed by atoms with Gasteiger partial charge < -0.3 is 5.32 Å². The summed E-state index contributed by atoms with van der Waals surface area (Å²) in [5.74, 6) is 0. The van der Waals surface area contributed by atoms with Crippen LogP contribution >= 0.6 is 23.2 Å². The molecular weight excluding hydrogens is 331 g/mol. The first-order chi connectivity index (χ1) is 9.92. The third kappa shape index (κ3) is 5.75. The molecule has 0 fully saturated rings. The molecule has 0 aromatic heterocycles. The number of unbranched alkanes of at least 4 members (excludes halogenated alkanes) is 3. The highest BCUT2D eigenvalue weighted by molar-refractivity contribution is 7.89. The summed E-state index contributed by atoms with van der Waals surface area (Å²) in [6.45, 7) is 3.01. The van der Waals surface area contributed by atoms with Crippen LogP contribution in [0.15, 0.2) is 17.0 Å². The van der Waals surface area contributed by atoms with Crippen LogP contribution in [0.1, 0.15) is 38.2 Å². The van der Waals surface area contributed by atoms with Crippen molar-refractivity contribution in [3.63, 3.8) is 0 Å². The Morgan fingerprint density at radius 1 is 1.10 bits per heavy atom. The van der Waals surface area contributed by atoms with Gasteiger partial charge in [0, 0.05) is 18.1 Å². The van der Waals surface area contributed by atoms with Gasteiger partial charge in [-0.3, -0.25) is 0 Å². The van der Waals surface area contributed by atoms with E-state index in [9.17, 15) is 8.42 Å². The van der Waals surface area contributed by atoms with Crippen LogP contribution in [0.2, 0.25) is 10.0 Å². The van der Waals surface area contributed by atoms with Crippen LogP contribution in [-0.4, -0.2) is 22.0 Å². The highest BCUT2D eigenvalue weighted by Gasteiger charge is 2.19. The molecule has 1 aromatic rings. The monoisotopic (exact) mass is 352 g/mol. The molecule has 21 heavy (non-hydrogen) atoms. The third-order valence-electron chi connectivity index (χ3n) is 3.08. The zero-order chi connectivity index (χ0) is 15.9. The standard InChI is InChI=1S/C14H22Cl2N2O2S/c1-3-4-5-6-7-18-21(19,20)14-8-11(10-17-2)12(15)9-13(14)16/h8-9,17-18H,3-7,10H2,1-2H3. The van der Waals surface area contributed by atoms with E-state index in [1.807, 2.05) is 0 Å². The Kier molecular flexibility index (Phi) is 7.98. The second kappa shape index (κ2) is 8.96. The molecule has 0 atom stereocenters. The Balaban J connectivity index is 2.84. The minimum absolute atomic E-state index is 0.0781. The van der Waals surface area contributed by atoms with Gasteiger partial charge in [0.25, 0.3) is 0 Å². The van der Waals surface area contributed by atoms with Crippen molar-refractivity contribution in [2.45, 2.75) is 44.0 Å². The van der Waals surface area contributed by atoms with Gasteiger partial charge in [0.05, 0.1) is 5.02 Å². The molecule has 2 N–H and O–H groups in total. The molecule has 4 nitrogen and oxygen atoms in total. The largest absolute Gasteiger partial charge is 0.316 e. The van der Waals surface area contributed by atoms with Gasteiger partial charge in [-0.15, -0.1) is 0 Å². The zero-order valence-electron chi connectivity index (χ0n) is 12.4. The molecule has 0 saturated carbocycles. The Labute approximate surface area is 137 Å². The Morgan fingerprint density at radius 2 is 1.81 bits per heavy atom. The van der Waals surface area contributed by atoms with Crippen LogP contribution in [0.4, 0.5) is 0 Å². The maximum Gasteiger partial charge on any atom is 0.242 e. The first kappa shape index (κ1) is 18.7. The van der Waals surface area contributed by atoms with Gasteiger partial charge in [-0.2, -0.15) is 0 Å². The number of benzene rings is 1. The summed E-state index contributed by atoms with van der Waals surface area (Å²) >= 11 is 12.1. The predicted molar refractivity (Wildman–Crippen MR) is 88.6 cm³/mol. The number of nitrogens with one attached hydrogen (secondary N) is 2. The number of sulfonamides is 1. The molecule has 0 spiro atoms. The number of halogens is 2. The van der Waals surface area contributed by atoms with E-state index in [1.165, 1.54) is 12.1 Å². The lowest BCUT2D eigenvalue weighted by atomic mass is 10.2. The molecule has 1 rings (SSSR count). The SMILES string of the molecule is CCCCCCNS(=O)(=O)c1cc(CNC)c(Cl)cc1Cl. The summed E-state index contributed by atoms with van der Waals surface area (Å²) in [5.41, 5.74) is 0.704. The van der Waals surface area contributed by atoms with Crippen LogP contribution in [0.5, 0.6) is 0 Å². The Hall–Kier alpha value is -0.330. The van der Waals surface area contributed by atoms with Gasteiger partial charge in [-0.05, 0) is 31.2 Å². The average molecular weight is 353 g/mol. The fraction of sp³-hybridized carbons (Fsp3) is 0.571. The van der Waals surface area contributed by atoms with E-state index >= 15 is 0 Å². The molecule has 0 saturated heterocycles. The molecule has 0 heterocycles. The van der Waals surface area contributed by atoms with Crippen LogP contribution in [0.3, 0.4) is 0 Å². The van der Waals surface area contributed by atoms with Gasteiger partial charge in [-0.25, -0.2) is 13.1 Å². The lowest BCUT2D eigenvalue weighted by molar-refractivity contribution is 0.573. The van der Waals surface area contributed by atoms with Crippen molar-refractivity contribution >= 4 is 33.2 Å². The molecule has 0 aliphatic heterocycles. The average Bonchev–Trinajstić information content (AvgIpc) is 2.41. The lowest BCUT2D eigenvalue weighted by Gasteiger charge is -2.11. The van der Waals surface area contributed by atoms with Crippen molar-refractivity contribution in [1.82, 2.24) is 10.0 Å². The fourth-order valence-corrected chi connectivity index (χ4v) is 3.88. The molecule has 1 aromatic carbocycles. The predicted octanol–water partition coefficient (Wildman–Crippen LogP) is 3.57. The molecule has 0 radical (unpaired) electrons. The summed E-state index contributed by atoms with van der Waals surface area (Å²) in [6, 6.07) is 3.00. The maximum atomic E-state index is 12.3. The zero-order valence-corrected chi connectivity index (χ0v) is 14.7. The van der Waals surface area contributed by atoms with E-state index in [0.29, 0.717) is 23.7 Å². The molecule has 120 valence electrons. The smallest absolute Gasteiger partial charge is 0.242 e. The molecule has 0 aliphatic carbocycles. The third-order valence-corrected chi connectivity index (χ3v) is 5.36. The fourth-order valence-electron chi connectivity index (χ4n) is 1.94. The van der Waals surface area contributed by atoms with Gasteiger partial charge in [0.2, 0.25) is 10.0 Å². The number of hydrogen-bond donors (Lipinski definition) is 2. The first-order valence-electron chi connectivity index (χ1n) is 7.04. The van der Waals surface area contributed by atoms with Crippen molar-refractivity contribution in [3.05, 3.63) is 27.7 Å². The Bertz CT molecular complexity index is 562. The van der Waals surface area contributed by atoms with Gasteiger partial charge in [0.1, 0.15) is 4.90 Å². The lowest BCUT2D eigenvalue weighted by Crippen LogP contribution is -2.25. The second-order valence-electron chi connectivity index (χ2n) is 4.86.